The summed E-state index contributed by atoms with van der Waals surface area (Å²) in [6, 6.07) is 16.4. The number of rotatable bonds is 1. The van der Waals surface area contributed by atoms with E-state index in [-0.39, 0.29) is 0 Å². The Hall–Kier alpha value is -1.93. The first-order valence-corrected chi connectivity index (χ1v) is 5.93. The summed E-state index contributed by atoms with van der Waals surface area (Å²) < 4.78 is 13.8. The average Bonchev–Trinajstić information content (AvgIpc) is 2.39. The SMILES string of the molecule is Fc1cc(Cl)cc2ccc(-c3ccccc3)nc12. The van der Waals surface area contributed by atoms with Gasteiger partial charge < -0.3 is 0 Å². The zero-order valence-corrected chi connectivity index (χ0v) is 10.2. The van der Waals surface area contributed by atoms with Crippen LogP contribution in [0.5, 0.6) is 0 Å². The molecular weight excluding hydrogens is 249 g/mol. The molecule has 0 aliphatic heterocycles. The first kappa shape index (κ1) is 11.2. The highest BCUT2D eigenvalue weighted by molar-refractivity contribution is 6.31. The standard InChI is InChI=1S/C15H9ClFN/c16-12-8-11-6-7-14(10-4-2-1-3-5-10)18-15(11)13(17)9-12/h1-9H. The molecule has 1 nitrogen and oxygen atoms in total. The van der Waals surface area contributed by atoms with Gasteiger partial charge in [-0.1, -0.05) is 48.0 Å². The Morgan fingerprint density at radius 3 is 2.50 bits per heavy atom. The summed E-state index contributed by atoms with van der Waals surface area (Å²) in [4.78, 5) is 4.35. The van der Waals surface area contributed by atoms with Crippen LogP contribution in [0.2, 0.25) is 5.02 Å². The van der Waals surface area contributed by atoms with Gasteiger partial charge in [0, 0.05) is 16.0 Å². The highest BCUT2D eigenvalue weighted by Gasteiger charge is 2.06. The van der Waals surface area contributed by atoms with Crippen LogP contribution in [-0.2, 0) is 0 Å². The quantitative estimate of drug-likeness (QED) is 0.616. The fourth-order valence-corrected chi connectivity index (χ4v) is 2.14. The van der Waals surface area contributed by atoms with Crippen molar-refractivity contribution in [1.29, 1.82) is 0 Å². The summed E-state index contributed by atoms with van der Waals surface area (Å²) >= 11 is 5.81. The smallest absolute Gasteiger partial charge is 0.150 e. The van der Waals surface area contributed by atoms with Crippen molar-refractivity contribution >= 4 is 22.5 Å². The number of aromatic nitrogens is 1. The van der Waals surface area contributed by atoms with Crippen LogP contribution in [0.25, 0.3) is 22.2 Å². The van der Waals surface area contributed by atoms with Crippen molar-refractivity contribution in [3.05, 3.63) is 65.4 Å². The molecule has 0 fully saturated rings. The molecule has 1 aromatic heterocycles. The van der Waals surface area contributed by atoms with Gasteiger partial charge in [0.15, 0.2) is 5.82 Å². The lowest BCUT2D eigenvalue weighted by atomic mass is 10.1. The first-order chi connectivity index (χ1) is 8.74. The molecule has 0 saturated heterocycles. The minimum Gasteiger partial charge on any atom is -0.245 e. The zero-order valence-electron chi connectivity index (χ0n) is 9.40. The van der Waals surface area contributed by atoms with Crippen LogP contribution < -0.4 is 0 Å². The highest BCUT2D eigenvalue weighted by atomic mass is 35.5. The number of hydrogen-bond donors (Lipinski definition) is 0. The molecule has 3 rings (SSSR count). The van der Waals surface area contributed by atoms with Gasteiger partial charge in [-0.3, -0.25) is 0 Å². The first-order valence-electron chi connectivity index (χ1n) is 5.55. The number of pyridine rings is 1. The monoisotopic (exact) mass is 257 g/mol. The molecule has 0 radical (unpaired) electrons. The molecule has 0 spiro atoms. The molecule has 0 bridgehead atoms. The Bertz CT molecular complexity index is 710. The second-order valence-electron chi connectivity index (χ2n) is 4.02. The van der Waals surface area contributed by atoms with Crippen LogP contribution >= 0.6 is 11.6 Å². The number of benzene rings is 2. The van der Waals surface area contributed by atoms with Crippen LogP contribution in [-0.4, -0.2) is 4.98 Å². The Kier molecular flexibility index (Phi) is 2.73. The van der Waals surface area contributed by atoms with E-state index in [1.807, 2.05) is 42.5 Å². The minimum atomic E-state index is -0.393. The summed E-state index contributed by atoms with van der Waals surface area (Å²) in [6.07, 6.45) is 0. The molecule has 0 aliphatic carbocycles. The second-order valence-corrected chi connectivity index (χ2v) is 4.46. The van der Waals surface area contributed by atoms with Crippen molar-refractivity contribution in [2.24, 2.45) is 0 Å². The maximum Gasteiger partial charge on any atom is 0.150 e. The molecule has 3 aromatic rings. The molecule has 2 aromatic carbocycles. The lowest BCUT2D eigenvalue weighted by Gasteiger charge is -2.04. The van der Waals surface area contributed by atoms with Crippen molar-refractivity contribution < 1.29 is 4.39 Å². The van der Waals surface area contributed by atoms with E-state index in [0.29, 0.717) is 15.9 Å². The van der Waals surface area contributed by atoms with Gasteiger partial charge in [0.1, 0.15) is 5.52 Å². The molecule has 0 atom stereocenters. The van der Waals surface area contributed by atoms with Crippen molar-refractivity contribution in [2.45, 2.75) is 0 Å². The molecule has 1 heterocycles. The van der Waals surface area contributed by atoms with Crippen LogP contribution in [0.15, 0.2) is 54.6 Å². The van der Waals surface area contributed by atoms with Crippen molar-refractivity contribution in [2.75, 3.05) is 0 Å². The van der Waals surface area contributed by atoms with Crippen LogP contribution in [0.4, 0.5) is 4.39 Å². The summed E-state index contributed by atoms with van der Waals surface area (Å²) in [5.74, 6) is -0.393. The summed E-state index contributed by atoms with van der Waals surface area (Å²) in [6.45, 7) is 0. The summed E-state index contributed by atoms with van der Waals surface area (Å²) in [7, 11) is 0. The molecule has 0 unspecified atom stereocenters. The van der Waals surface area contributed by atoms with Crippen molar-refractivity contribution in [3.63, 3.8) is 0 Å². The van der Waals surface area contributed by atoms with Gasteiger partial charge >= 0.3 is 0 Å². The third kappa shape index (κ3) is 1.95. The number of fused-ring (bicyclic) bond motifs is 1. The highest BCUT2D eigenvalue weighted by Crippen LogP contribution is 2.25. The Morgan fingerprint density at radius 1 is 0.944 bits per heavy atom. The third-order valence-electron chi connectivity index (χ3n) is 2.78. The van der Waals surface area contributed by atoms with E-state index < -0.39 is 5.82 Å². The van der Waals surface area contributed by atoms with E-state index in [0.717, 1.165) is 11.3 Å². The number of nitrogens with zero attached hydrogens (tertiary/aromatic N) is 1. The predicted octanol–water partition coefficient (Wildman–Crippen LogP) is 4.69. The molecule has 0 saturated carbocycles. The molecule has 88 valence electrons. The van der Waals surface area contributed by atoms with E-state index in [9.17, 15) is 4.39 Å². The van der Waals surface area contributed by atoms with E-state index in [1.54, 1.807) is 6.07 Å². The van der Waals surface area contributed by atoms with Crippen molar-refractivity contribution in [1.82, 2.24) is 4.98 Å². The van der Waals surface area contributed by atoms with Gasteiger partial charge in [-0.2, -0.15) is 0 Å². The lowest BCUT2D eigenvalue weighted by molar-refractivity contribution is 0.637. The molecule has 18 heavy (non-hydrogen) atoms. The molecule has 0 N–H and O–H groups in total. The molecular formula is C15H9ClFN. The fraction of sp³-hybridized carbons (Fsp3) is 0. The number of hydrogen-bond acceptors (Lipinski definition) is 1. The number of halogens is 2. The van der Waals surface area contributed by atoms with Gasteiger partial charge in [-0.05, 0) is 18.2 Å². The largest absolute Gasteiger partial charge is 0.245 e. The van der Waals surface area contributed by atoms with Crippen molar-refractivity contribution in [3.8, 4) is 11.3 Å². The van der Waals surface area contributed by atoms with Crippen LogP contribution in [0, 0.1) is 5.82 Å². The maximum atomic E-state index is 13.8. The van der Waals surface area contributed by atoms with Gasteiger partial charge in [0.2, 0.25) is 0 Å². The third-order valence-corrected chi connectivity index (χ3v) is 3.00. The summed E-state index contributed by atoms with van der Waals surface area (Å²) in [5.41, 5.74) is 2.07. The summed E-state index contributed by atoms with van der Waals surface area (Å²) in [5, 5.41) is 1.09. The topological polar surface area (TPSA) is 12.9 Å². The van der Waals surface area contributed by atoms with E-state index in [1.165, 1.54) is 6.07 Å². The zero-order chi connectivity index (χ0) is 12.5. The Labute approximate surface area is 109 Å². The van der Waals surface area contributed by atoms with Gasteiger partial charge in [0.25, 0.3) is 0 Å². The van der Waals surface area contributed by atoms with E-state index in [2.05, 4.69) is 4.98 Å². The fourth-order valence-electron chi connectivity index (χ4n) is 1.93. The minimum absolute atomic E-state index is 0.348. The van der Waals surface area contributed by atoms with E-state index in [4.69, 9.17) is 11.6 Å². The molecule has 0 amide bonds. The average molecular weight is 258 g/mol. The van der Waals surface area contributed by atoms with Gasteiger partial charge in [-0.25, -0.2) is 9.37 Å². The van der Waals surface area contributed by atoms with Gasteiger partial charge in [-0.15, -0.1) is 0 Å². The van der Waals surface area contributed by atoms with Crippen LogP contribution in [0.1, 0.15) is 0 Å². The predicted molar refractivity (Wildman–Crippen MR) is 72.1 cm³/mol. The molecule has 3 heteroatoms. The molecule has 0 aliphatic rings. The Balaban J connectivity index is 2.23. The Morgan fingerprint density at radius 2 is 1.72 bits per heavy atom. The maximum absolute atomic E-state index is 13.8. The lowest BCUT2D eigenvalue weighted by Crippen LogP contribution is -1.88. The van der Waals surface area contributed by atoms with Crippen LogP contribution in [0.3, 0.4) is 0 Å². The van der Waals surface area contributed by atoms with Gasteiger partial charge in [0.05, 0.1) is 5.69 Å². The van der Waals surface area contributed by atoms with E-state index >= 15 is 0 Å². The second kappa shape index (κ2) is 4.39. The normalized spacial score (nSPS) is 10.8.